The highest BCUT2D eigenvalue weighted by atomic mass is 16.5. The van der Waals surface area contributed by atoms with E-state index in [0.717, 1.165) is 29.1 Å². The normalized spacial score (nSPS) is 20.6. The molecule has 2 amide bonds. The standard InChI is InChI=1S/C30H42N6O5/c1-5-22-27-24(15-30(3,4)16-25(27)37)36(35-22)19-8-11-21(28(32)39)23(14-19)34-18-6-9-20(10-7-18)41-29(40)17(2)33-26(38)12-13-31/h8,11,14,17-18,20,34H,5-7,9-10,12-13,15-16,31H2,1-4H3,(H2,32,39)(H,33,38). The highest BCUT2D eigenvalue weighted by Crippen LogP contribution is 2.38. The number of carbonyl (C=O) groups excluding carboxylic acids is 4. The highest BCUT2D eigenvalue weighted by Gasteiger charge is 2.36. The molecule has 0 aliphatic heterocycles. The number of hydrogen-bond acceptors (Lipinski definition) is 8. The topological polar surface area (TPSA) is 171 Å². The van der Waals surface area contributed by atoms with Crippen LogP contribution in [-0.4, -0.2) is 58.1 Å². The molecule has 2 aliphatic rings. The average Bonchev–Trinajstić information content (AvgIpc) is 3.27. The quantitative estimate of drug-likeness (QED) is 0.318. The van der Waals surface area contributed by atoms with Gasteiger partial charge in [0.2, 0.25) is 5.91 Å². The summed E-state index contributed by atoms with van der Waals surface area (Å²) in [4.78, 5) is 49.5. The number of Topliss-reactive ketones (excluding diaryl/α,β-unsaturated/α-hetero) is 1. The number of carbonyl (C=O) groups is 4. The first-order valence-electron chi connectivity index (χ1n) is 14.5. The Hall–Kier alpha value is -3.73. The molecule has 1 saturated carbocycles. The van der Waals surface area contributed by atoms with E-state index in [-0.39, 0.29) is 42.2 Å². The SMILES string of the molecule is CCc1nn(-c2ccc(C(N)=O)c(NC3CCC(OC(=O)C(C)NC(=O)CCN)CC3)c2)c2c1C(=O)CC(C)(C)C2. The minimum atomic E-state index is -0.743. The van der Waals surface area contributed by atoms with E-state index in [1.54, 1.807) is 13.0 Å². The molecule has 0 spiro atoms. The molecule has 11 heteroatoms. The van der Waals surface area contributed by atoms with Crippen LogP contribution in [0, 0.1) is 5.41 Å². The Balaban J connectivity index is 1.48. The molecular formula is C30H42N6O5. The fourth-order valence-electron chi connectivity index (χ4n) is 5.80. The van der Waals surface area contributed by atoms with Crippen molar-refractivity contribution in [2.45, 2.75) is 97.2 Å². The Morgan fingerprint density at radius 1 is 1.17 bits per heavy atom. The molecule has 1 heterocycles. The fourth-order valence-corrected chi connectivity index (χ4v) is 5.80. The number of primary amides is 1. The van der Waals surface area contributed by atoms with E-state index in [1.807, 2.05) is 23.7 Å². The molecular weight excluding hydrogens is 524 g/mol. The van der Waals surface area contributed by atoms with Crippen molar-refractivity contribution < 1.29 is 23.9 Å². The Kier molecular flexibility index (Phi) is 9.16. The van der Waals surface area contributed by atoms with Gasteiger partial charge in [-0.2, -0.15) is 5.10 Å². The lowest BCUT2D eigenvalue weighted by Crippen LogP contribution is -2.42. The molecule has 6 N–H and O–H groups in total. The zero-order valence-electron chi connectivity index (χ0n) is 24.4. The first kappa shape index (κ1) is 30.2. The summed E-state index contributed by atoms with van der Waals surface area (Å²) in [5.74, 6) is -1.17. The third-order valence-corrected chi connectivity index (χ3v) is 7.88. The van der Waals surface area contributed by atoms with E-state index in [9.17, 15) is 19.2 Å². The van der Waals surface area contributed by atoms with Crippen LogP contribution in [0.3, 0.4) is 0 Å². The van der Waals surface area contributed by atoms with Crippen molar-refractivity contribution in [3.8, 4) is 5.69 Å². The van der Waals surface area contributed by atoms with E-state index in [2.05, 4.69) is 24.5 Å². The lowest BCUT2D eigenvalue weighted by Gasteiger charge is -2.31. The fraction of sp³-hybridized carbons (Fsp3) is 0.567. The Morgan fingerprint density at radius 2 is 1.88 bits per heavy atom. The average molecular weight is 567 g/mol. The number of nitrogens with zero attached hydrogens (tertiary/aromatic N) is 2. The molecule has 11 nitrogen and oxygen atoms in total. The molecule has 1 atom stereocenters. The van der Waals surface area contributed by atoms with Crippen LogP contribution < -0.4 is 22.1 Å². The number of ketones is 1. The van der Waals surface area contributed by atoms with Crippen LogP contribution in [-0.2, 0) is 27.2 Å². The number of rotatable bonds is 10. The second-order valence-corrected chi connectivity index (χ2v) is 12.0. The Labute approximate surface area is 240 Å². The van der Waals surface area contributed by atoms with Crippen molar-refractivity contribution >= 4 is 29.3 Å². The second kappa shape index (κ2) is 12.4. The number of anilines is 1. The van der Waals surface area contributed by atoms with E-state index in [1.165, 1.54) is 0 Å². The summed E-state index contributed by atoms with van der Waals surface area (Å²) in [5.41, 5.74) is 15.1. The first-order valence-corrected chi connectivity index (χ1v) is 14.5. The van der Waals surface area contributed by atoms with Gasteiger partial charge in [0.1, 0.15) is 12.1 Å². The van der Waals surface area contributed by atoms with Crippen LogP contribution in [0.2, 0.25) is 0 Å². The Bertz CT molecular complexity index is 1320. The van der Waals surface area contributed by atoms with Crippen LogP contribution in [0.25, 0.3) is 5.69 Å². The number of aromatic nitrogens is 2. The third kappa shape index (κ3) is 6.95. The minimum Gasteiger partial charge on any atom is -0.461 e. The van der Waals surface area contributed by atoms with Gasteiger partial charge in [0.25, 0.3) is 5.91 Å². The van der Waals surface area contributed by atoms with Gasteiger partial charge in [-0.15, -0.1) is 0 Å². The molecule has 2 aliphatic carbocycles. The molecule has 1 aromatic heterocycles. The number of hydrogen-bond donors (Lipinski definition) is 4. The van der Waals surface area contributed by atoms with Gasteiger partial charge >= 0.3 is 5.97 Å². The van der Waals surface area contributed by atoms with Gasteiger partial charge < -0.3 is 26.8 Å². The van der Waals surface area contributed by atoms with E-state index in [4.69, 9.17) is 21.3 Å². The van der Waals surface area contributed by atoms with Crippen LogP contribution >= 0.6 is 0 Å². The highest BCUT2D eigenvalue weighted by molar-refractivity contribution is 6.00. The van der Waals surface area contributed by atoms with Crippen molar-refractivity contribution in [3.05, 3.63) is 40.7 Å². The lowest BCUT2D eigenvalue weighted by molar-refractivity contribution is -0.154. The zero-order chi connectivity index (χ0) is 29.9. The molecule has 41 heavy (non-hydrogen) atoms. The third-order valence-electron chi connectivity index (χ3n) is 7.88. The summed E-state index contributed by atoms with van der Waals surface area (Å²) in [6, 6.07) is 4.68. The van der Waals surface area contributed by atoms with Crippen molar-refractivity contribution in [1.29, 1.82) is 0 Å². The number of esters is 1. The number of amides is 2. The molecule has 0 saturated heterocycles. The molecule has 2 aromatic rings. The summed E-state index contributed by atoms with van der Waals surface area (Å²) in [6.45, 7) is 7.99. The van der Waals surface area contributed by atoms with Crippen molar-refractivity contribution in [3.63, 3.8) is 0 Å². The summed E-state index contributed by atoms with van der Waals surface area (Å²) in [5, 5.41) is 10.9. The van der Waals surface area contributed by atoms with Crippen LogP contribution in [0.1, 0.15) is 98.3 Å². The number of nitrogens with two attached hydrogens (primary N) is 2. The predicted octanol–water partition coefficient (Wildman–Crippen LogP) is 2.81. The van der Waals surface area contributed by atoms with Gasteiger partial charge in [-0.3, -0.25) is 14.4 Å². The van der Waals surface area contributed by atoms with Crippen molar-refractivity contribution in [2.75, 3.05) is 11.9 Å². The smallest absolute Gasteiger partial charge is 0.328 e. The van der Waals surface area contributed by atoms with E-state index < -0.39 is 17.9 Å². The summed E-state index contributed by atoms with van der Waals surface area (Å²) < 4.78 is 7.47. The maximum absolute atomic E-state index is 13.0. The number of aryl methyl sites for hydroxylation is 1. The van der Waals surface area contributed by atoms with Gasteiger partial charge in [0.15, 0.2) is 5.78 Å². The number of benzene rings is 1. The van der Waals surface area contributed by atoms with E-state index >= 15 is 0 Å². The zero-order valence-corrected chi connectivity index (χ0v) is 24.4. The van der Waals surface area contributed by atoms with E-state index in [0.29, 0.717) is 49.8 Å². The molecule has 4 rings (SSSR count). The van der Waals surface area contributed by atoms with Gasteiger partial charge in [-0.25, -0.2) is 9.48 Å². The van der Waals surface area contributed by atoms with Crippen molar-refractivity contribution in [1.82, 2.24) is 15.1 Å². The van der Waals surface area contributed by atoms with Gasteiger partial charge in [0, 0.05) is 31.1 Å². The molecule has 0 bridgehead atoms. The molecule has 222 valence electrons. The first-order chi connectivity index (χ1) is 19.4. The lowest BCUT2D eigenvalue weighted by atomic mass is 9.75. The summed E-state index contributed by atoms with van der Waals surface area (Å²) in [6.07, 6.45) is 4.48. The van der Waals surface area contributed by atoms with Gasteiger partial charge in [-0.1, -0.05) is 20.8 Å². The van der Waals surface area contributed by atoms with Crippen LogP contribution in [0.4, 0.5) is 5.69 Å². The largest absolute Gasteiger partial charge is 0.461 e. The maximum atomic E-state index is 13.0. The molecule has 0 radical (unpaired) electrons. The van der Waals surface area contributed by atoms with Crippen LogP contribution in [0.5, 0.6) is 0 Å². The summed E-state index contributed by atoms with van der Waals surface area (Å²) in [7, 11) is 0. The second-order valence-electron chi connectivity index (χ2n) is 12.0. The summed E-state index contributed by atoms with van der Waals surface area (Å²) >= 11 is 0. The maximum Gasteiger partial charge on any atom is 0.328 e. The predicted molar refractivity (Wildman–Crippen MR) is 155 cm³/mol. The van der Waals surface area contributed by atoms with Gasteiger partial charge in [0.05, 0.1) is 28.2 Å². The number of ether oxygens (including phenoxy) is 1. The Morgan fingerprint density at radius 3 is 2.51 bits per heavy atom. The molecule has 1 fully saturated rings. The number of fused-ring (bicyclic) bond motifs is 1. The minimum absolute atomic E-state index is 0.0400. The number of nitrogens with one attached hydrogen (secondary N) is 2. The molecule has 1 unspecified atom stereocenters. The van der Waals surface area contributed by atoms with Crippen molar-refractivity contribution in [2.24, 2.45) is 16.9 Å². The monoisotopic (exact) mass is 566 g/mol. The van der Waals surface area contributed by atoms with Gasteiger partial charge in [-0.05, 0) is 69.1 Å². The molecule has 1 aromatic carbocycles. The van der Waals surface area contributed by atoms with Crippen LogP contribution in [0.15, 0.2) is 18.2 Å².